The van der Waals surface area contributed by atoms with Crippen molar-refractivity contribution < 1.29 is 14.8 Å². The summed E-state index contributed by atoms with van der Waals surface area (Å²) in [6.07, 6.45) is 2.44. The summed E-state index contributed by atoms with van der Waals surface area (Å²) in [5, 5.41) is 31.8. The number of nitrogens with one attached hydrogen (secondary N) is 2. The maximum Gasteiger partial charge on any atom is 0.285 e. The van der Waals surface area contributed by atoms with Crippen molar-refractivity contribution in [1.82, 2.24) is 10.2 Å². The van der Waals surface area contributed by atoms with Crippen molar-refractivity contribution >= 4 is 29.2 Å². The monoisotopic (exact) mass is 338 g/mol. The van der Waals surface area contributed by atoms with Crippen molar-refractivity contribution in [3.8, 4) is 11.5 Å². The number of halogens is 1. The normalized spacial score (nSPS) is 10.7. The van der Waals surface area contributed by atoms with Gasteiger partial charge in [-0.3, -0.25) is 20.3 Å². The van der Waals surface area contributed by atoms with Crippen LogP contribution in [0.3, 0.4) is 0 Å². The predicted molar refractivity (Wildman–Crippen MR) is 80.2 cm³/mol. The van der Waals surface area contributed by atoms with Crippen molar-refractivity contribution in [3.05, 3.63) is 49.4 Å². The number of aromatic amines is 1. The first-order valence-electron chi connectivity index (χ1n) is 5.99. The van der Waals surface area contributed by atoms with Gasteiger partial charge in [0.1, 0.15) is 16.5 Å². The number of methoxy groups -OCH3 is 1. The molecule has 2 aromatic rings. The van der Waals surface area contributed by atoms with E-state index in [9.17, 15) is 20.0 Å². The van der Waals surface area contributed by atoms with Gasteiger partial charge in [0.05, 0.1) is 24.4 Å². The van der Waals surface area contributed by atoms with E-state index in [1.54, 1.807) is 0 Å². The van der Waals surface area contributed by atoms with Gasteiger partial charge in [-0.05, 0) is 6.07 Å². The lowest BCUT2D eigenvalue weighted by molar-refractivity contribution is -0.398. The summed E-state index contributed by atoms with van der Waals surface area (Å²) in [5.41, 5.74) is 1.63. The van der Waals surface area contributed by atoms with Crippen LogP contribution < -0.4 is 20.8 Å². The third-order valence-electron chi connectivity index (χ3n) is 2.67. The van der Waals surface area contributed by atoms with Gasteiger partial charge in [-0.15, -0.1) is 0 Å². The van der Waals surface area contributed by atoms with Crippen LogP contribution in [0.25, 0.3) is 0 Å². The Morgan fingerprint density at radius 3 is 2.91 bits per heavy atom. The fraction of sp³-hybridized carbons (Fsp3) is 0.0833. The Morgan fingerprint density at radius 2 is 2.26 bits per heavy atom. The highest BCUT2D eigenvalue weighted by Gasteiger charge is 2.12. The minimum absolute atomic E-state index is 0.143. The standard InChI is InChI=1S/C12H10ClN5O5/c1-23-9-3-6(2-8(11(9)19)18(21)22)4-14-16-7-5-15-17-12(20)10(7)13/h2-5,19H,1H3,(H2,16,17,20)/p-1/b14-4+. The SMILES string of the molecule is COc1cc(/C=N/Nc2cn[nH]c(=O)c2Cl)cc([N+](=O)[O-])c1[O-]. The summed E-state index contributed by atoms with van der Waals surface area (Å²) >= 11 is 5.74. The van der Waals surface area contributed by atoms with Crippen LogP contribution in [0.2, 0.25) is 5.02 Å². The van der Waals surface area contributed by atoms with Crippen LogP contribution in [0.5, 0.6) is 11.5 Å². The molecule has 23 heavy (non-hydrogen) atoms. The van der Waals surface area contributed by atoms with Crippen molar-refractivity contribution in [2.24, 2.45) is 5.10 Å². The van der Waals surface area contributed by atoms with Crippen LogP contribution in [-0.4, -0.2) is 28.4 Å². The molecule has 0 amide bonds. The molecule has 10 nitrogen and oxygen atoms in total. The number of benzene rings is 1. The fourth-order valence-electron chi connectivity index (χ4n) is 1.61. The zero-order valence-corrected chi connectivity index (χ0v) is 12.3. The van der Waals surface area contributed by atoms with Gasteiger partial charge in [-0.1, -0.05) is 11.6 Å². The van der Waals surface area contributed by atoms with E-state index in [1.165, 1.54) is 25.6 Å². The second kappa shape index (κ2) is 6.75. The van der Waals surface area contributed by atoms with E-state index in [4.69, 9.17) is 16.3 Å². The molecule has 1 aromatic carbocycles. The molecule has 0 saturated heterocycles. The van der Waals surface area contributed by atoms with E-state index in [-0.39, 0.29) is 22.0 Å². The van der Waals surface area contributed by atoms with E-state index < -0.39 is 21.9 Å². The largest absolute Gasteiger partial charge is 0.865 e. The number of aromatic nitrogens is 2. The van der Waals surface area contributed by atoms with Crippen LogP contribution in [0, 0.1) is 10.1 Å². The highest BCUT2D eigenvalue weighted by molar-refractivity contribution is 6.32. The summed E-state index contributed by atoms with van der Waals surface area (Å²) in [4.78, 5) is 21.3. The second-order valence-corrected chi connectivity index (χ2v) is 4.50. The Balaban J connectivity index is 2.29. The van der Waals surface area contributed by atoms with Crippen molar-refractivity contribution in [3.63, 3.8) is 0 Å². The minimum Gasteiger partial charge on any atom is -0.865 e. The van der Waals surface area contributed by atoms with Gasteiger partial charge in [-0.25, -0.2) is 5.10 Å². The highest BCUT2D eigenvalue weighted by atomic mass is 35.5. The summed E-state index contributed by atoms with van der Waals surface area (Å²) in [6, 6.07) is 2.34. The number of rotatable bonds is 5. The molecule has 0 atom stereocenters. The fourth-order valence-corrected chi connectivity index (χ4v) is 1.74. The molecule has 0 aliphatic carbocycles. The average molecular weight is 339 g/mol. The lowest BCUT2D eigenvalue weighted by Crippen LogP contribution is -2.10. The van der Waals surface area contributed by atoms with E-state index >= 15 is 0 Å². The lowest BCUT2D eigenvalue weighted by atomic mass is 10.2. The first-order chi connectivity index (χ1) is 10.9. The molecule has 1 heterocycles. The molecule has 2 rings (SSSR count). The van der Waals surface area contributed by atoms with E-state index in [1.807, 2.05) is 0 Å². The molecule has 1 aromatic heterocycles. The molecule has 0 fully saturated rings. The number of nitro groups is 1. The quantitative estimate of drug-likeness (QED) is 0.467. The smallest absolute Gasteiger partial charge is 0.285 e. The number of nitro benzene ring substituents is 1. The number of hydrogen-bond donors (Lipinski definition) is 2. The van der Waals surface area contributed by atoms with Gasteiger partial charge >= 0.3 is 0 Å². The summed E-state index contributed by atoms with van der Waals surface area (Å²) < 4.78 is 4.80. The zero-order valence-electron chi connectivity index (χ0n) is 11.6. The summed E-state index contributed by atoms with van der Waals surface area (Å²) in [7, 11) is 1.22. The first-order valence-corrected chi connectivity index (χ1v) is 6.37. The third-order valence-corrected chi connectivity index (χ3v) is 3.04. The van der Waals surface area contributed by atoms with Crippen molar-refractivity contribution in [2.45, 2.75) is 0 Å². The topological polar surface area (TPSA) is 146 Å². The van der Waals surface area contributed by atoms with Crippen LogP contribution in [0.4, 0.5) is 11.4 Å². The van der Waals surface area contributed by atoms with E-state index in [0.29, 0.717) is 0 Å². The molecular weight excluding hydrogens is 330 g/mol. The molecule has 0 unspecified atom stereocenters. The van der Waals surface area contributed by atoms with Gasteiger partial charge in [0.25, 0.3) is 11.2 Å². The molecule has 0 aliphatic rings. The summed E-state index contributed by atoms with van der Waals surface area (Å²) in [5.74, 6) is -1.01. The Kier molecular flexibility index (Phi) is 4.76. The Bertz CT molecular complexity index is 835. The number of ether oxygens (including phenoxy) is 1. The molecule has 0 radical (unpaired) electrons. The number of nitrogens with zero attached hydrogens (tertiary/aromatic N) is 3. The highest BCUT2D eigenvalue weighted by Crippen LogP contribution is 2.33. The molecule has 0 saturated carbocycles. The summed E-state index contributed by atoms with van der Waals surface area (Å²) in [6.45, 7) is 0. The average Bonchev–Trinajstić information content (AvgIpc) is 2.52. The van der Waals surface area contributed by atoms with Gasteiger partial charge < -0.3 is 9.84 Å². The van der Waals surface area contributed by atoms with Crippen LogP contribution in [0.1, 0.15) is 5.56 Å². The molecule has 0 spiro atoms. The Labute approximate surface area is 133 Å². The Morgan fingerprint density at radius 1 is 1.52 bits per heavy atom. The van der Waals surface area contributed by atoms with Gasteiger partial charge in [0.2, 0.25) is 0 Å². The van der Waals surface area contributed by atoms with Gasteiger partial charge in [-0.2, -0.15) is 10.2 Å². The number of hydrazone groups is 1. The van der Waals surface area contributed by atoms with Crippen LogP contribution in [0.15, 0.2) is 28.2 Å². The van der Waals surface area contributed by atoms with Gasteiger partial charge in [0.15, 0.2) is 0 Å². The van der Waals surface area contributed by atoms with Crippen LogP contribution >= 0.6 is 11.6 Å². The maximum absolute atomic E-state index is 11.7. The first kappa shape index (κ1) is 16.2. The van der Waals surface area contributed by atoms with E-state index in [0.717, 1.165) is 6.07 Å². The van der Waals surface area contributed by atoms with Crippen molar-refractivity contribution in [2.75, 3.05) is 12.5 Å². The number of H-pyrrole nitrogens is 1. The van der Waals surface area contributed by atoms with Crippen molar-refractivity contribution in [1.29, 1.82) is 0 Å². The molecule has 0 bridgehead atoms. The Hall–Kier alpha value is -3.14. The second-order valence-electron chi connectivity index (χ2n) is 4.13. The third kappa shape index (κ3) is 3.55. The molecule has 2 N–H and O–H groups in total. The minimum atomic E-state index is -0.829. The maximum atomic E-state index is 11.7. The van der Waals surface area contributed by atoms with Crippen LogP contribution in [-0.2, 0) is 0 Å². The number of anilines is 1. The predicted octanol–water partition coefficient (Wildman–Crippen LogP) is 0.860. The lowest BCUT2D eigenvalue weighted by Gasteiger charge is -2.12. The van der Waals surface area contributed by atoms with Gasteiger partial charge in [0, 0.05) is 17.4 Å². The molecular formula is C12H9ClN5O5-. The zero-order chi connectivity index (χ0) is 17.0. The molecule has 11 heteroatoms. The number of hydrogen-bond acceptors (Lipinski definition) is 8. The molecule has 120 valence electrons. The van der Waals surface area contributed by atoms with E-state index in [2.05, 4.69) is 20.7 Å². The molecule has 0 aliphatic heterocycles.